The minimum Gasteiger partial charge on any atom is -0.354 e. The summed E-state index contributed by atoms with van der Waals surface area (Å²) in [6, 6.07) is 4.87. The molecule has 10 heteroatoms. The maximum atomic E-state index is 11.8. The van der Waals surface area contributed by atoms with E-state index < -0.39 is 10.0 Å². The molecule has 0 bridgehead atoms. The van der Waals surface area contributed by atoms with Crippen LogP contribution in [0.15, 0.2) is 18.2 Å². The normalized spacial score (nSPS) is 11.7. The van der Waals surface area contributed by atoms with E-state index in [0.29, 0.717) is 32.5 Å². The van der Waals surface area contributed by atoms with Gasteiger partial charge in [0.05, 0.1) is 11.8 Å². The summed E-state index contributed by atoms with van der Waals surface area (Å²) < 4.78 is 29.3. The van der Waals surface area contributed by atoms with Gasteiger partial charge in [0.1, 0.15) is 15.9 Å². The molecule has 2 aromatic heterocycles. The van der Waals surface area contributed by atoms with Crippen molar-refractivity contribution in [2.45, 2.75) is 0 Å². The maximum Gasteiger partial charge on any atom is 0.265 e. The summed E-state index contributed by atoms with van der Waals surface area (Å²) in [5, 5.41) is 11.2. The van der Waals surface area contributed by atoms with Crippen molar-refractivity contribution < 1.29 is 13.2 Å². The lowest BCUT2D eigenvalue weighted by Gasteiger charge is -2.05. The lowest BCUT2D eigenvalue weighted by molar-refractivity contribution is 0.0968. The number of carbonyl (C=O) groups excluding carboxylic acids is 1. The van der Waals surface area contributed by atoms with Crippen LogP contribution in [0, 0.1) is 0 Å². The Labute approximate surface area is 129 Å². The SMILES string of the molecule is CNC(=O)c1snc2c1nnc1ccc(NS(C)(=O)=O)cc12. The number of hydrogen-bond donors (Lipinski definition) is 2. The van der Waals surface area contributed by atoms with E-state index in [-0.39, 0.29) is 5.91 Å². The van der Waals surface area contributed by atoms with Crippen LogP contribution in [0.3, 0.4) is 0 Å². The highest BCUT2D eigenvalue weighted by Gasteiger charge is 2.17. The molecule has 0 spiro atoms. The maximum absolute atomic E-state index is 11.8. The van der Waals surface area contributed by atoms with E-state index in [4.69, 9.17) is 0 Å². The van der Waals surface area contributed by atoms with Gasteiger partial charge in [-0.3, -0.25) is 9.52 Å². The molecule has 22 heavy (non-hydrogen) atoms. The molecule has 0 unspecified atom stereocenters. The summed E-state index contributed by atoms with van der Waals surface area (Å²) in [6.45, 7) is 0. The van der Waals surface area contributed by atoms with Crippen molar-refractivity contribution in [3.63, 3.8) is 0 Å². The van der Waals surface area contributed by atoms with Crippen molar-refractivity contribution >= 4 is 55.1 Å². The van der Waals surface area contributed by atoms with Crippen LogP contribution in [0.5, 0.6) is 0 Å². The van der Waals surface area contributed by atoms with Gasteiger partial charge in [-0.25, -0.2) is 8.42 Å². The Hall–Kier alpha value is -2.33. The Morgan fingerprint density at radius 1 is 1.23 bits per heavy atom. The Morgan fingerprint density at radius 2 is 2.00 bits per heavy atom. The number of nitrogens with one attached hydrogen (secondary N) is 2. The number of carbonyl (C=O) groups is 1. The molecule has 2 N–H and O–H groups in total. The number of fused-ring (bicyclic) bond motifs is 3. The molecule has 1 aromatic carbocycles. The molecular weight excluding hydrogens is 326 g/mol. The van der Waals surface area contributed by atoms with Gasteiger partial charge in [-0.1, -0.05) is 0 Å². The fourth-order valence-electron chi connectivity index (χ4n) is 2.01. The van der Waals surface area contributed by atoms with Crippen LogP contribution in [0.4, 0.5) is 5.69 Å². The van der Waals surface area contributed by atoms with Crippen molar-refractivity contribution in [1.82, 2.24) is 19.9 Å². The zero-order valence-corrected chi connectivity index (χ0v) is 13.2. The first-order valence-electron chi connectivity index (χ1n) is 6.15. The topological polar surface area (TPSA) is 114 Å². The van der Waals surface area contributed by atoms with E-state index in [9.17, 15) is 13.2 Å². The zero-order chi connectivity index (χ0) is 15.9. The van der Waals surface area contributed by atoms with Crippen LogP contribution in [0.25, 0.3) is 21.9 Å². The largest absolute Gasteiger partial charge is 0.354 e. The summed E-state index contributed by atoms with van der Waals surface area (Å²) in [5.41, 5.74) is 1.89. The van der Waals surface area contributed by atoms with E-state index in [0.717, 1.165) is 17.8 Å². The standard InChI is InChI=1S/C12H11N5O3S2/c1-13-12(18)11-10-9(16-21-11)7-5-6(17-22(2,19)20)3-4-8(7)14-15-10/h3-5,17H,1-2H3,(H,13,18). The highest BCUT2D eigenvalue weighted by atomic mass is 32.2. The molecule has 0 fully saturated rings. The van der Waals surface area contributed by atoms with Gasteiger partial charge in [0.15, 0.2) is 0 Å². The zero-order valence-electron chi connectivity index (χ0n) is 11.6. The van der Waals surface area contributed by atoms with Gasteiger partial charge in [0, 0.05) is 18.1 Å². The molecule has 0 aliphatic rings. The monoisotopic (exact) mass is 337 g/mol. The molecular formula is C12H11N5O3S2. The second kappa shape index (κ2) is 5.14. The van der Waals surface area contributed by atoms with Gasteiger partial charge in [-0.15, -0.1) is 10.2 Å². The van der Waals surface area contributed by atoms with Crippen LogP contribution < -0.4 is 10.0 Å². The number of aromatic nitrogens is 3. The third-order valence-electron chi connectivity index (χ3n) is 2.91. The molecule has 0 aliphatic carbocycles. The molecule has 114 valence electrons. The first-order chi connectivity index (χ1) is 10.4. The van der Waals surface area contributed by atoms with Crippen LogP contribution in [-0.4, -0.2) is 42.2 Å². The lowest BCUT2D eigenvalue weighted by Crippen LogP contribution is -2.16. The molecule has 8 nitrogen and oxygen atoms in total. The highest BCUT2D eigenvalue weighted by Crippen LogP contribution is 2.28. The molecule has 2 heterocycles. The van der Waals surface area contributed by atoms with Crippen molar-refractivity contribution in [1.29, 1.82) is 0 Å². The predicted octanol–water partition coefficient (Wildman–Crippen LogP) is 0.971. The van der Waals surface area contributed by atoms with Crippen LogP contribution in [0.1, 0.15) is 9.67 Å². The van der Waals surface area contributed by atoms with E-state index in [2.05, 4.69) is 24.6 Å². The molecule has 0 saturated carbocycles. The third-order valence-corrected chi connectivity index (χ3v) is 4.36. The highest BCUT2D eigenvalue weighted by molar-refractivity contribution is 7.92. The minimum absolute atomic E-state index is 0.286. The number of amides is 1. The average molecular weight is 337 g/mol. The first kappa shape index (κ1) is 14.6. The van der Waals surface area contributed by atoms with Gasteiger partial charge < -0.3 is 5.32 Å². The molecule has 0 radical (unpaired) electrons. The Morgan fingerprint density at radius 3 is 2.68 bits per heavy atom. The quantitative estimate of drug-likeness (QED) is 0.736. The van der Waals surface area contributed by atoms with Gasteiger partial charge in [-0.05, 0) is 29.7 Å². The van der Waals surface area contributed by atoms with Crippen LogP contribution in [0.2, 0.25) is 0 Å². The summed E-state index contributed by atoms with van der Waals surface area (Å²) >= 11 is 1.03. The van der Waals surface area contributed by atoms with Crippen molar-refractivity contribution in [2.24, 2.45) is 0 Å². The summed E-state index contributed by atoms with van der Waals surface area (Å²) in [6.07, 6.45) is 1.07. The Balaban J connectivity index is 2.23. The Kier molecular flexibility index (Phi) is 3.41. The smallest absolute Gasteiger partial charge is 0.265 e. The summed E-state index contributed by atoms with van der Waals surface area (Å²) in [7, 11) is -1.85. The molecule has 0 aliphatic heterocycles. The minimum atomic E-state index is -3.38. The second-order valence-corrected chi connectivity index (χ2v) is 7.12. The van der Waals surface area contributed by atoms with Crippen molar-refractivity contribution in [3.8, 4) is 0 Å². The van der Waals surface area contributed by atoms with E-state index >= 15 is 0 Å². The fourth-order valence-corrected chi connectivity index (χ4v) is 3.34. The predicted molar refractivity (Wildman–Crippen MR) is 84.6 cm³/mol. The van der Waals surface area contributed by atoms with E-state index in [1.54, 1.807) is 18.2 Å². The number of nitrogens with zero attached hydrogens (tertiary/aromatic N) is 3. The molecule has 3 rings (SSSR count). The third kappa shape index (κ3) is 2.57. The number of sulfonamides is 1. The second-order valence-electron chi connectivity index (χ2n) is 4.59. The van der Waals surface area contributed by atoms with Crippen LogP contribution >= 0.6 is 11.5 Å². The number of rotatable bonds is 3. The Bertz CT molecular complexity index is 997. The number of hydrogen-bond acceptors (Lipinski definition) is 7. The fraction of sp³-hybridized carbons (Fsp3) is 0.167. The van der Waals surface area contributed by atoms with Crippen molar-refractivity contribution in [2.75, 3.05) is 18.0 Å². The van der Waals surface area contributed by atoms with Gasteiger partial charge in [0.2, 0.25) is 10.0 Å². The molecule has 0 atom stereocenters. The van der Waals surface area contributed by atoms with E-state index in [1.807, 2.05) is 0 Å². The summed E-state index contributed by atoms with van der Waals surface area (Å²) in [4.78, 5) is 12.1. The number of anilines is 1. The average Bonchev–Trinajstić information content (AvgIpc) is 2.89. The first-order valence-corrected chi connectivity index (χ1v) is 8.81. The molecule has 0 saturated heterocycles. The lowest BCUT2D eigenvalue weighted by atomic mass is 10.2. The van der Waals surface area contributed by atoms with Gasteiger partial charge in [0.25, 0.3) is 5.91 Å². The number of benzene rings is 1. The summed E-state index contributed by atoms with van der Waals surface area (Å²) in [5.74, 6) is -0.286. The molecule has 3 aromatic rings. The van der Waals surface area contributed by atoms with Gasteiger partial charge in [-0.2, -0.15) is 4.37 Å². The molecule has 1 amide bonds. The van der Waals surface area contributed by atoms with E-state index in [1.165, 1.54) is 7.05 Å². The van der Waals surface area contributed by atoms with Crippen molar-refractivity contribution in [3.05, 3.63) is 23.1 Å². The van der Waals surface area contributed by atoms with Crippen LogP contribution in [-0.2, 0) is 10.0 Å². The van der Waals surface area contributed by atoms with Gasteiger partial charge >= 0.3 is 0 Å².